The van der Waals surface area contributed by atoms with Gasteiger partial charge in [-0.3, -0.25) is 0 Å². The van der Waals surface area contributed by atoms with E-state index in [1.54, 1.807) is 4.68 Å². The lowest BCUT2D eigenvalue weighted by molar-refractivity contribution is -0.918. The van der Waals surface area contributed by atoms with Gasteiger partial charge in [0, 0.05) is 12.8 Å². The average molecular weight is 407 g/mol. The highest BCUT2D eigenvalue weighted by Gasteiger charge is 2.29. The first kappa shape index (κ1) is 18.6. The maximum absolute atomic E-state index is 11.6. The molecule has 2 atom stereocenters. The van der Waals surface area contributed by atoms with Crippen LogP contribution in [0.5, 0.6) is 0 Å². The number of nitrogens with one attached hydrogen (secondary N) is 1. The molecule has 0 spiro atoms. The summed E-state index contributed by atoms with van der Waals surface area (Å²) in [5, 5.41) is 4.50. The van der Waals surface area contributed by atoms with Gasteiger partial charge < -0.3 is 9.32 Å². The van der Waals surface area contributed by atoms with Crippen LogP contribution in [-0.4, -0.2) is 42.8 Å². The Labute approximate surface area is 164 Å². The van der Waals surface area contributed by atoms with E-state index in [4.69, 9.17) is 16.6 Å². The monoisotopic (exact) mass is 406 g/mol. The highest BCUT2D eigenvalue weighted by molar-refractivity contribution is 7.91. The van der Waals surface area contributed by atoms with Crippen LogP contribution in [0, 0.1) is 10.8 Å². The van der Waals surface area contributed by atoms with Gasteiger partial charge in [-0.1, -0.05) is 30.3 Å². The maximum atomic E-state index is 11.6. The van der Waals surface area contributed by atoms with Crippen LogP contribution in [0.4, 0.5) is 0 Å². The second-order valence-corrected chi connectivity index (χ2v) is 10.0. The number of rotatable bonds is 5. The lowest BCUT2D eigenvalue weighted by atomic mass is 10.00. The molecule has 0 amide bonds. The highest BCUT2D eigenvalue weighted by Crippen LogP contribution is 2.22. The molecular weight excluding hydrogens is 382 g/mol. The van der Waals surface area contributed by atoms with Crippen LogP contribution >= 0.6 is 12.2 Å². The number of hydrogen-bond donors (Lipinski definition) is 1. The number of sulfone groups is 1. The van der Waals surface area contributed by atoms with Crippen molar-refractivity contribution < 1.29 is 17.7 Å². The SMILES string of the molecule is O=S1(=O)CC[C@H](Cc2nn(C[NH+]3CC=C(c4ccccc4)CC3)c(=S)o2)C1. The van der Waals surface area contributed by atoms with Crippen molar-refractivity contribution >= 4 is 27.6 Å². The minimum Gasteiger partial charge on any atom is -0.414 e. The molecule has 144 valence electrons. The molecule has 1 N–H and O–H groups in total. The van der Waals surface area contributed by atoms with Crippen molar-refractivity contribution in [1.29, 1.82) is 0 Å². The summed E-state index contributed by atoms with van der Waals surface area (Å²) in [6.45, 7) is 2.62. The lowest BCUT2D eigenvalue weighted by Gasteiger charge is -2.23. The van der Waals surface area contributed by atoms with E-state index in [2.05, 4.69) is 35.4 Å². The van der Waals surface area contributed by atoms with Crippen molar-refractivity contribution in [1.82, 2.24) is 9.78 Å². The molecule has 0 bridgehead atoms. The molecule has 0 radical (unpaired) electrons. The Bertz CT molecular complexity index is 993. The molecule has 1 aromatic carbocycles. The zero-order chi connectivity index (χ0) is 18.9. The molecule has 1 saturated heterocycles. The summed E-state index contributed by atoms with van der Waals surface area (Å²) in [4.78, 5) is 1.75. The Morgan fingerprint density at radius 2 is 2.11 bits per heavy atom. The topological polar surface area (TPSA) is 69.5 Å². The number of nitrogens with zero attached hydrogens (tertiary/aromatic N) is 2. The van der Waals surface area contributed by atoms with E-state index in [0.717, 1.165) is 19.5 Å². The number of hydrogen-bond acceptors (Lipinski definition) is 5. The van der Waals surface area contributed by atoms with Crippen LogP contribution < -0.4 is 4.90 Å². The van der Waals surface area contributed by atoms with E-state index >= 15 is 0 Å². The zero-order valence-corrected chi connectivity index (χ0v) is 16.8. The normalized spacial score (nSPS) is 24.7. The summed E-state index contributed by atoms with van der Waals surface area (Å²) in [5.74, 6) is 1.15. The molecule has 1 aromatic heterocycles. The van der Waals surface area contributed by atoms with E-state index in [1.807, 2.05) is 6.07 Å². The largest absolute Gasteiger partial charge is 0.414 e. The smallest absolute Gasteiger partial charge is 0.291 e. The standard InChI is InChI=1S/C19H23N3O3S2/c23-27(24)11-8-15(13-27)12-18-20-22(19(26)25-18)14-21-9-6-17(7-10-21)16-4-2-1-3-5-16/h1-6,15H,7-14H2/p+1/t15-/m1/s1. The van der Waals surface area contributed by atoms with Gasteiger partial charge in [0.2, 0.25) is 5.89 Å². The fourth-order valence-electron chi connectivity index (χ4n) is 3.86. The Balaban J connectivity index is 1.37. The van der Waals surface area contributed by atoms with E-state index in [9.17, 15) is 8.42 Å². The summed E-state index contributed by atoms with van der Waals surface area (Å²) in [6.07, 6.45) is 4.55. The van der Waals surface area contributed by atoms with Crippen molar-refractivity contribution in [2.45, 2.75) is 25.9 Å². The summed E-state index contributed by atoms with van der Waals surface area (Å²) in [7, 11) is -2.88. The predicted molar refractivity (Wildman–Crippen MR) is 106 cm³/mol. The number of benzene rings is 1. The van der Waals surface area contributed by atoms with E-state index in [1.165, 1.54) is 16.0 Å². The van der Waals surface area contributed by atoms with Crippen LogP contribution in [-0.2, 0) is 22.9 Å². The lowest BCUT2D eigenvalue weighted by Crippen LogP contribution is -3.11. The minimum atomic E-state index is -2.88. The average Bonchev–Trinajstić information content (AvgIpc) is 3.18. The van der Waals surface area contributed by atoms with Gasteiger partial charge in [0.15, 0.2) is 16.5 Å². The molecule has 3 heterocycles. The first-order valence-corrected chi connectivity index (χ1v) is 11.6. The first-order chi connectivity index (χ1) is 13.0. The summed E-state index contributed by atoms with van der Waals surface area (Å²) >= 11 is 5.31. The maximum Gasteiger partial charge on any atom is 0.291 e. The van der Waals surface area contributed by atoms with Gasteiger partial charge in [0.25, 0.3) is 4.84 Å². The molecule has 27 heavy (non-hydrogen) atoms. The first-order valence-electron chi connectivity index (χ1n) is 9.34. The Morgan fingerprint density at radius 3 is 2.78 bits per heavy atom. The van der Waals surface area contributed by atoms with Gasteiger partial charge >= 0.3 is 0 Å². The summed E-state index contributed by atoms with van der Waals surface area (Å²) in [5.41, 5.74) is 2.69. The third-order valence-electron chi connectivity index (χ3n) is 5.34. The van der Waals surface area contributed by atoms with Crippen molar-refractivity contribution in [3.05, 3.63) is 52.7 Å². The summed E-state index contributed by atoms with van der Waals surface area (Å²) in [6, 6.07) is 10.5. The highest BCUT2D eigenvalue weighted by atomic mass is 32.2. The molecule has 2 aliphatic heterocycles. The van der Waals surface area contributed by atoms with E-state index in [0.29, 0.717) is 30.2 Å². The fourth-order valence-corrected chi connectivity index (χ4v) is 5.93. The van der Waals surface area contributed by atoms with E-state index < -0.39 is 9.84 Å². The molecule has 2 aromatic rings. The van der Waals surface area contributed by atoms with Gasteiger partial charge in [-0.25, -0.2) is 8.42 Å². The molecule has 1 fully saturated rings. The molecule has 2 aliphatic rings. The second kappa shape index (κ2) is 7.69. The van der Waals surface area contributed by atoms with Gasteiger partial charge in [-0.2, -0.15) is 4.68 Å². The van der Waals surface area contributed by atoms with Crippen LogP contribution in [0.15, 0.2) is 40.8 Å². The van der Waals surface area contributed by atoms with Gasteiger partial charge in [-0.05, 0) is 41.8 Å². The second-order valence-electron chi connectivity index (χ2n) is 7.44. The van der Waals surface area contributed by atoms with Crippen LogP contribution in [0.25, 0.3) is 5.57 Å². The Hall–Kier alpha value is -1.77. The fraction of sp³-hybridized carbons (Fsp3) is 0.474. The number of quaternary nitrogens is 1. The van der Waals surface area contributed by atoms with Crippen molar-refractivity contribution in [3.63, 3.8) is 0 Å². The zero-order valence-electron chi connectivity index (χ0n) is 15.1. The van der Waals surface area contributed by atoms with E-state index in [-0.39, 0.29) is 17.4 Å². The third kappa shape index (κ3) is 4.56. The van der Waals surface area contributed by atoms with Gasteiger partial charge in [-0.15, -0.1) is 5.10 Å². The Kier molecular flexibility index (Phi) is 5.29. The molecule has 4 rings (SSSR count). The van der Waals surface area contributed by atoms with Gasteiger partial charge in [0.05, 0.1) is 24.6 Å². The molecule has 1 unspecified atom stereocenters. The predicted octanol–water partition coefficient (Wildman–Crippen LogP) is 1.51. The van der Waals surface area contributed by atoms with Crippen LogP contribution in [0.3, 0.4) is 0 Å². The van der Waals surface area contributed by atoms with Crippen molar-refractivity contribution in [2.75, 3.05) is 24.6 Å². The molecule has 0 saturated carbocycles. The quantitative estimate of drug-likeness (QED) is 0.763. The number of aromatic nitrogens is 2. The van der Waals surface area contributed by atoms with Crippen molar-refractivity contribution in [3.8, 4) is 0 Å². The Morgan fingerprint density at radius 1 is 1.30 bits per heavy atom. The van der Waals surface area contributed by atoms with Gasteiger partial charge in [0.1, 0.15) is 0 Å². The summed E-state index contributed by atoms with van der Waals surface area (Å²) < 4.78 is 30.6. The van der Waals surface area contributed by atoms with Crippen LogP contribution in [0.1, 0.15) is 24.3 Å². The molecular formula is C19H24N3O3S2+. The molecule has 0 aliphatic carbocycles. The molecule has 6 nitrogen and oxygen atoms in total. The molecule has 8 heteroatoms. The van der Waals surface area contributed by atoms with Crippen LogP contribution in [0.2, 0.25) is 0 Å². The third-order valence-corrected chi connectivity index (χ3v) is 7.47. The van der Waals surface area contributed by atoms with Crippen molar-refractivity contribution in [2.24, 2.45) is 5.92 Å². The minimum absolute atomic E-state index is 0.0928.